The average Bonchev–Trinajstić information content (AvgIpc) is 3.28. The lowest BCUT2D eigenvalue weighted by molar-refractivity contribution is -0.129. The van der Waals surface area contributed by atoms with Gasteiger partial charge in [-0.15, -0.1) is 0 Å². The summed E-state index contributed by atoms with van der Waals surface area (Å²) in [5.74, 6) is -0.229. The third-order valence-electron chi connectivity index (χ3n) is 4.97. The summed E-state index contributed by atoms with van der Waals surface area (Å²) in [7, 11) is 0. The molecule has 0 spiro atoms. The fourth-order valence-electron chi connectivity index (χ4n) is 3.49. The Bertz CT molecular complexity index is 1350. The van der Waals surface area contributed by atoms with Crippen molar-refractivity contribution in [2.45, 2.75) is 6.92 Å². The smallest absolute Gasteiger partial charge is 0.363 e. The first-order valence-corrected chi connectivity index (χ1v) is 9.81. The van der Waals surface area contributed by atoms with Crippen molar-refractivity contribution in [2.24, 2.45) is 4.99 Å². The first kappa shape index (κ1) is 18.3. The molecule has 30 heavy (non-hydrogen) atoms. The number of esters is 1. The lowest BCUT2D eigenvalue weighted by Gasteiger charge is -2.04. The Morgan fingerprint density at radius 1 is 0.967 bits per heavy atom. The van der Waals surface area contributed by atoms with Crippen molar-refractivity contribution < 1.29 is 9.53 Å². The second-order valence-corrected chi connectivity index (χ2v) is 7.26. The molecule has 5 rings (SSSR count). The van der Waals surface area contributed by atoms with E-state index in [0.717, 1.165) is 22.0 Å². The van der Waals surface area contributed by atoms with Gasteiger partial charge in [0.2, 0.25) is 5.90 Å². The van der Waals surface area contributed by atoms with Crippen molar-refractivity contribution >= 4 is 40.3 Å². The highest BCUT2D eigenvalue weighted by atomic mass is 35.5. The molecule has 0 unspecified atom stereocenters. The third kappa shape index (κ3) is 3.09. The van der Waals surface area contributed by atoms with Gasteiger partial charge in [-0.3, -0.25) is 0 Å². The largest absolute Gasteiger partial charge is 0.402 e. The SMILES string of the molecule is Cc1nn(-c2ccccc2)c(Cl)c1/C=C1/N=C(c2cccc3ccccc23)OC1=O. The minimum Gasteiger partial charge on any atom is -0.402 e. The first-order valence-electron chi connectivity index (χ1n) is 9.43. The summed E-state index contributed by atoms with van der Waals surface area (Å²) < 4.78 is 7.12. The second-order valence-electron chi connectivity index (χ2n) is 6.90. The van der Waals surface area contributed by atoms with Gasteiger partial charge in [0.1, 0.15) is 5.15 Å². The number of cyclic esters (lactones) is 1. The minimum atomic E-state index is -0.513. The van der Waals surface area contributed by atoms with E-state index >= 15 is 0 Å². The van der Waals surface area contributed by atoms with Gasteiger partial charge in [0.05, 0.1) is 11.4 Å². The van der Waals surface area contributed by atoms with Crippen LogP contribution < -0.4 is 0 Å². The molecule has 1 aliphatic rings. The van der Waals surface area contributed by atoms with Crippen molar-refractivity contribution in [3.8, 4) is 5.69 Å². The molecular formula is C24H16ClN3O2. The van der Waals surface area contributed by atoms with Gasteiger partial charge in [0.15, 0.2) is 5.70 Å². The Labute approximate surface area is 177 Å². The van der Waals surface area contributed by atoms with Crippen LogP contribution in [-0.4, -0.2) is 21.6 Å². The molecular weight excluding hydrogens is 398 g/mol. The van der Waals surface area contributed by atoms with Crippen LogP contribution in [0.5, 0.6) is 0 Å². The maximum Gasteiger partial charge on any atom is 0.363 e. The average molecular weight is 414 g/mol. The molecule has 0 atom stereocenters. The van der Waals surface area contributed by atoms with Crippen LogP contribution in [0.3, 0.4) is 0 Å². The molecule has 0 radical (unpaired) electrons. The number of halogens is 1. The molecule has 0 bridgehead atoms. The lowest BCUT2D eigenvalue weighted by atomic mass is 10.0. The highest BCUT2D eigenvalue weighted by Gasteiger charge is 2.26. The van der Waals surface area contributed by atoms with Crippen molar-refractivity contribution in [3.05, 3.63) is 100 Å². The van der Waals surface area contributed by atoms with Crippen molar-refractivity contribution in [1.82, 2.24) is 9.78 Å². The molecule has 1 aromatic heterocycles. The number of hydrogen-bond acceptors (Lipinski definition) is 4. The fourth-order valence-corrected chi connectivity index (χ4v) is 3.82. The fraction of sp³-hybridized carbons (Fsp3) is 0.0417. The number of carbonyl (C=O) groups is 1. The van der Waals surface area contributed by atoms with Crippen LogP contribution >= 0.6 is 11.6 Å². The Morgan fingerprint density at radius 2 is 1.70 bits per heavy atom. The van der Waals surface area contributed by atoms with E-state index < -0.39 is 5.97 Å². The number of hydrogen-bond donors (Lipinski definition) is 0. The van der Waals surface area contributed by atoms with Gasteiger partial charge >= 0.3 is 5.97 Å². The molecule has 0 saturated carbocycles. The summed E-state index contributed by atoms with van der Waals surface area (Å²) in [6.45, 7) is 1.84. The standard InChI is InChI=1S/C24H16ClN3O2/c1-15-20(22(25)28(27-15)17-10-3-2-4-11-17)14-21-24(29)30-23(26-21)19-13-7-9-16-8-5-6-12-18(16)19/h2-14H,1H3/b21-14+. The molecule has 0 fully saturated rings. The number of aromatic nitrogens is 2. The van der Waals surface area contributed by atoms with E-state index in [1.54, 1.807) is 10.8 Å². The summed E-state index contributed by atoms with van der Waals surface area (Å²) in [5.41, 5.74) is 3.13. The molecule has 6 heteroatoms. The van der Waals surface area contributed by atoms with Gasteiger partial charge in [0.25, 0.3) is 0 Å². The Kier molecular flexibility index (Phi) is 4.45. The highest BCUT2D eigenvalue weighted by molar-refractivity contribution is 6.31. The summed E-state index contributed by atoms with van der Waals surface area (Å²) in [4.78, 5) is 17.0. The number of nitrogens with zero attached hydrogens (tertiary/aromatic N) is 3. The van der Waals surface area contributed by atoms with Crippen LogP contribution in [0.2, 0.25) is 5.15 Å². The molecule has 1 aliphatic heterocycles. The molecule has 0 N–H and O–H groups in total. The Balaban J connectivity index is 1.58. The van der Waals surface area contributed by atoms with Crippen LogP contribution in [0.1, 0.15) is 16.8 Å². The maximum atomic E-state index is 12.5. The van der Waals surface area contributed by atoms with Gasteiger partial charge in [-0.25, -0.2) is 14.5 Å². The number of fused-ring (bicyclic) bond motifs is 1. The number of carbonyl (C=O) groups excluding carboxylic acids is 1. The zero-order valence-corrected chi connectivity index (χ0v) is 16.8. The molecule has 2 heterocycles. The van der Waals surface area contributed by atoms with E-state index in [-0.39, 0.29) is 11.6 Å². The van der Waals surface area contributed by atoms with Crippen molar-refractivity contribution in [3.63, 3.8) is 0 Å². The maximum absolute atomic E-state index is 12.5. The monoisotopic (exact) mass is 413 g/mol. The van der Waals surface area contributed by atoms with Gasteiger partial charge in [-0.05, 0) is 42.0 Å². The van der Waals surface area contributed by atoms with Crippen LogP contribution in [0.15, 0.2) is 83.5 Å². The molecule has 0 saturated heterocycles. The lowest BCUT2D eigenvalue weighted by Crippen LogP contribution is -2.05. The number of rotatable bonds is 3. The first-order chi connectivity index (χ1) is 14.6. The molecule has 3 aromatic carbocycles. The quantitative estimate of drug-likeness (QED) is 0.337. The molecule has 4 aromatic rings. The zero-order valence-electron chi connectivity index (χ0n) is 16.0. The van der Waals surface area contributed by atoms with Crippen molar-refractivity contribution in [2.75, 3.05) is 0 Å². The summed E-state index contributed by atoms with van der Waals surface area (Å²) in [6, 6.07) is 23.3. The number of ether oxygens (including phenoxy) is 1. The zero-order chi connectivity index (χ0) is 20.7. The summed E-state index contributed by atoms with van der Waals surface area (Å²) >= 11 is 6.58. The highest BCUT2D eigenvalue weighted by Crippen LogP contribution is 2.29. The van der Waals surface area contributed by atoms with E-state index in [1.807, 2.05) is 79.7 Å². The Hall–Kier alpha value is -3.70. The predicted octanol–water partition coefficient (Wildman–Crippen LogP) is 5.33. The molecule has 5 nitrogen and oxygen atoms in total. The van der Waals surface area contributed by atoms with Gasteiger partial charge in [0, 0.05) is 11.1 Å². The van der Waals surface area contributed by atoms with E-state index in [9.17, 15) is 4.79 Å². The van der Waals surface area contributed by atoms with Gasteiger partial charge in [-0.2, -0.15) is 5.10 Å². The van der Waals surface area contributed by atoms with E-state index in [2.05, 4.69) is 10.1 Å². The number of aryl methyl sites for hydroxylation is 1. The van der Waals surface area contributed by atoms with E-state index in [0.29, 0.717) is 16.4 Å². The van der Waals surface area contributed by atoms with Gasteiger partial charge in [-0.1, -0.05) is 66.2 Å². The number of benzene rings is 3. The second kappa shape index (κ2) is 7.28. The summed E-state index contributed by atoms with van der Waals surface area (Å²) in [6.07, 6.45) is 1.63. The van der Waals surface area contributed by atoms with Crippen LogP contribution in [0, 0.1) is 6.92 Å². The van der Waals surface area contributed by atoms with E-state index in [1.165, 1.54) is 0 Å². The Morgan fingerprint density at radius 3 is 2.53 bits per heavy atom. The topological polar surface area (TPSA) is 56.5 Å². The van der Waals surface area contributed by atoms with Crippen LogP contribution in [-0.2, 0) is 9.53 Å². The van der Waals surface area contributed by atoms with Crippen molar-refractivity contribution in [1.29, 1.82) is 0 Å². The van der Waals surface area contributed by atoms with E-state index in [4.69, 9.17) is 16.3 Å². The normalized spacial score (nSPS) is 14.9. The summed E-state index contributed by atoms with van der Waals surface area (Å²) in [5, 5.41) is 6.94. The number of aliphatic imine (C=N–C) groups is 1. The number of para-hydroxylation sites is 1. The predicted molar refractivity (Wildman–Crippen MR) is 118 cm³/mol. The minimum absolute atomic E-state index is 0.190. The van der Waals surface area contributed by atoms with Crippen LogP contribution in [0.25, 0.3) is 22.5 Å². The third-order valence-corrected chi connectivity index (χ3v) is 5.33. The van der Waals surface area contributed by atoms with Crippen LogP contribution in [0.4, 0.5) is 0 Å². The molecule has 146 valence electrons. The van der Waals surface area contributed by atoms with Gasteiger partial charge < -0.3 is 4.74 Å². The molecule has 0 aliphatic carbocycles. The molecule has 0 amide bonds.